The van der Waals surface area contributed by atoms with Gasteiger partial charge in [-0.3, -0.25) is 4.79 Å². The number of aromatic nitrogens is 1. The van der Waals surface area contributed by atoms with E-state index < -0.39 is 16.0 Å². The van der Waals surface area contributed by atoms with Crippen molar-refractivity contribution in [3.8, 4) is 0 Å². The second kappa shape index (κ2) is 9.20. The van der Waals surface area contributed by atoms with E-state index in [2.05, 4.69) is 0 Å². The first-order valence-electron chi connectivity index (χ1n) is 9.49. The van der Waals surface area contributed by atoms with Crippen LogP contribution in [0.1, 0.15) is 29.4 Å². The lowest BCUT2D eigenvalue weighted by Crippen LogP contribution is -2.45. The Bertz CT molecular complexity index is 1010. The number of piperidine rings is 1. The predicted molar refractivity (Wildman–Crippen MR) is 112 cm³/mol. The van der Waals surface area contributed by atoms with Crippen LogP contribution in [-0.4, -0.2) is 67.9 Å². The summed E-state index contributed by atoms with van der Waals surface area (Å²) in [6.07, 6.45) is 3.16. The highest BCUT2D eigenvalue weighted by atomic mass is 35.5. The fourth-order valence-electron chi connectivity index (χ4n) is 3.55. The average molecular weight is 454 g/mol. The second-order valence-corrected chi connectivity index (χ2v) is 9.60. The molecule has 162 valence electrons. The van der Waals surface area contributed by atoms with Crippen LogP contribution in [0.4, 0.5) is 0 Å². The number of rotatable bonds is 6. The molecular formula is C20H24ClN3O5S. The summed E-state index contributed by atoms with van der Waals surface area (Å²) in [4.78, 5) is 26.3. The fourth-order valence-corrected chi connectivity index (χ4v) is 4.79. The number of sulfonamides is 1. The topological polar surface area (TPSA) is 88.9 Å². The summed E-state index contributed by atoms with van der Waals surface area (Å²) in [5, 5.41) is 0.439. The van der Waals surface area contributed by atoms with Gasteiger partial charge in [0.05, 0.1) is 18.6 Å². The van der Waals surface area contributed by atoms with Crippen molar-refractivity contribution in [1.82, 2.24) is 13.8 Å². The van der Waals surface area contributed by atoms with Crippen LogP contribution in [0.5, 0.6) is 0 Å². The fraction of sp³-hybridized carbons (Fsp3) is 0.400. The number of benzene rings is 1. The molecular weight excluding hydrogens is 430 g/mol. The van der Waals surface area contributed by atoms with Gasteiger partial charge in [-0.15, -0.1) is 0 Å². The lowest BCUT2D eigenvalue weighted by molar-refractivity contribution is -0.132. The van der Waals surface area contributed by atoms with Gasteiger partial charge in [0.2, 0.25) is 15.9 Å². The molecule has 0 aliphatic carbocycles. The number of carbonyl (C=O) groups excluding carboxylic acids is 2. The third-order valence-corrected chi connectivity index (χ3v) is 7.33. The summed E-state index contributed by atoms with van der Waals surface area (Å²) in [5.74, 6) is -0.651. The van der Waals surface area contributed by atoms with E-state index in [1.54, 1.807) is 17.0 Å². The number of carbonyl (C=O) groups is 2. The molecule has 0 spiro atoms. The molecule has 1 saturated heterocycles. The maximum atomic E-state index is 12.7. The lowest BCUT2D eigenvalue weighted by atomic mass is 10.0. The Morgan fingerprint density at radius 3 is 2.40 bits per heavy atom. The molecule has 1 amide bonds. The number of hydrogen-bond acceptors (Lipinski definition) is 5. The second-order valence-electron chi connectivity index (χ2n) is 7.12. The van der Waals surface area contributed by atoms with Crippen molar-refractivity contribution in [3.05, 3.63) is 53.3 Å². The smallest absolute Gasteiger partial charge is 0.354 e. The molecule has 1 aliphatic heterocycles. The number of nitrogens with zero attached hydrogens (tertiary/aromatic N) is 3. The minimum atomic E-state index is -3.78. The summed E-state index contributed by atoms with van der Waals surface area (Å²) >= 11 is 5.81. The quantitative estimate of drug-likeness (QED) is 0.626. The van der Waals surface area contributed by atoms with Gasteiger partial charge >= 0.3 is 5.97 Å². The molecule has 0 atom stereocenters. The normalized spacial score (nSPS) is 15.4. The van der Waals surface area contributed by atoms with Gasteiger partial charge in [-0.2, -0.15) is 4.31 Å². The molecule has 1 aromatic carbocycles. The van der Waals surface area contributed by atoms with Crippen molar-refractivity contribution in [2.75, 3.05) is 33.8 Å². The lowest BCUT2D eigenvalue weighted by Gasteiger charge is -2.34. The summed E-state index contributed by atoms with van der Waals surface area (Å²) in [6, 6.07) is 9.41. The Morgan fingerprint density at radius 2 is 1.80 bits per heavy atom. The maximum Gasteiger partial charge on any atom is 0.354 e. The van der Waals surface area contributed by atoms with Crippen LogP contribution < -0.4 is 0 Å². The molecule has 0 saturated carbocycles. The molecule has 0 unspecified atom stereocenters. The van der Waals surface area contributed by atoms with E-state index in [1.807, 2.05) is 10.8 Å². The first-order valence-corrected chi connectivity index (χ1v) is 11.3. The number of halogens is 1. The molecule has 0 bridgehead atoms. The van der Waals surface area contributed by atoms with Crippen LogP contribution in [0.15, 0.2) is 47.5 Å². The van der Waals surface area contributed by atoms with Gasteiger partial charge in [0.25, 0.3) is 0 Å². The first kappa shape index (κ1) is 22.3. The SMILES string of the molecule is COC(=O)c1cccn1C1CCN(C(=O)CN(C)S(=O)(=O)c2ccc(Cl)cc2)CC1. The van der Waals surface area contributed by atoms with Crippen molar-refractivity contribution in [2.45, 2.75) is 23.8 Å². The van der Waals surface area contributed by atoms with Crippen LogP contribution in [0.3, 0.4) is 0 Å². The molecule has 3 rings (SSSR count). The van der Waals surface area contributed by atoms with Crippen molar-refractivity contribution < 1.29 is 22.7 Å². The van der Waals surface area contributed by atoms with E-state index >= 15 is 0 Å². The Hall–Kier alpha value is -2.36. The molecule has 1 aromatic heterocycles. The van der Waals surface area contributed by atoms with Crippen molar-refractivity contribution in [3.63, 3.8) is 0 Å². The number of methoxy groups -OCH3 is 1. The summed E-state index contributed by atoms with van der Waals surface area (Å²) in [5.41, 5.74) is 0.482. The Kier molecular flexibility index (Phi) is 6.84. The molecule has 0 N–H and O–H groups in total. The van der Waals surface area contributed by atoms with Gasteiger partial charge in [0, 0.05) is 37.4 Å². The van der Waals surface area contributed by atoms with E-state index in [0.717, 1.165) is 4.31 Å². The molecule has 1 aliphatic rings. The number of likely N-dealkylation sites (tertiary alicyclic amines) is 1. The number of esters is 1. The molecule has 8 nitrogen and oxygen atoms in total. The van der Waals surface area contributed by atoms with Crippen molar-refractivity contribution >= 4 is 33.5 Å². The van der Waals surface area contributed by atoms with Gasteiger partial charge in [-0.25, -0.2) is 13.2 Å². The molecule has 30 heavy (non-hydrogen) atoms. The van der Waals surface area contributed by atoms with E-state index in [0.29, 0.717) is 36.6 Å². The number of hydrogen-bond donors (Lipinski definition) is 0. The van der Waals surface area contributed by atoms with E-state index in [4.69, 9.17) is 16.3 Å². The minimum absolute atomic E-state index is 0.0775. The van der Waals surface area contributed by atoms with E-state index in [1.165, 1.54) is 38.4 Å². The third-order valence-electron chi connectivity index (χ3n) is 5.26. The maximum absolute atomic E-state index is 12.7. The third kappa shape index (κ3) is 4.69. The molecule has 1 fully saturated rings. The van der Waals surface area contributed by atoms with E-state index in [-0.39, 0.29) is 23.4 Å². The minimum Gasteiger partial charge on any atom is -0.464 e. The van der Waals surface area contributed by atoms with Gasteiger partial charge in [-0.1, -0.05) is 11.6 Å². The van der Waals surface area contributed by atoms with Crippen LogP contribution in [0.25, 0.3) is 0 Å². The average Bonchev–Trinajstić information content (AvgIpc) is 3.23. The predicted octanol–water partition coefficient (Wildman–Crippen LogP) is 2.41. The van der Waals surface area contributed by atoms with Crippen molar-refractivity contribution in [1.29, 1.82) is 0 Å². The van der Waals surface area contributed by atoms with Gasteiger partial charge < -0.3 is 14.2 Å². The van der Waals surface area contributed by atoms with Gasteiger partial charge in [-0.05, 0) is 49.2 Å². The molecule has 2 heterocycles. The zero-order valence-corrected chi connectivity index (χ0v) is 18.4. The molecule has 2 aromatic rings. The molecule has 0 radical (unpaired) electrons. The van der Waals surface area contributed by atoms with E-state index in [9.17, 15) is 18.0 Å². The summed E-state index contributed by atoms with van der Waals surface area (Å²) in [6.45, 7) is 0.723. The van der Waals surface area contributed by atoms with Crippen LogP contribution in [0.2, 0.25) is 5.02 Å². The van der Waals surface area contributed by atoms with Crippen molar-refractivity contribution in [2.24, 2.45) is 0 Å². The Morgan fingerprint density at radius 1 is 1.17 bits per heavy atom. The van der Waals surface area contributed by atoms with Crippen LogP contribution in [0, 0.1) is 0 Å². The monoisotopic (exact) mass is 453 g/mol. The van der Waals surface area contributed by atoms with Crippen LogP contribution in [-0.2, 0) is 19.6 Å². The Labute approximate surface area is 181 Å². The number of ether oxygens (including phenoxy) is 1. The van der Waals surface area contributed by atoms with Gasteiger partial charge in [0.1, 0.15) is 5.69 Å². The summed E-state index contributed by atoms with van der Waals surface area (Å²) in [7, 11) is -1.05. The molecule has 10 heteroatoms. The highest BCUT2D eigenvalue weighted by Gasteiger charge is 2.29. The highest BCUT2D eigenvalue weighted by molar-refractivity contribution is 7.89. The number of likely N-dealkylation sites (N-methyl/N-ethyl adjacent to an activating group) is 1. The Balaban J connectivity index is 1.60. The largest absolute Gasteiger partial charge is 0.464 e. The van der Waals surface area contributed by atoms with Gasteiger partial charge in [0.15, 0.2) is 0 Å². The zero-order chi connectivity index (χ0) is 21.9. The summed E-state index contributed by atoms with van der Waals surface area (Å²) < 4.78 is 33.1. The zero-order valence-electron chi connectivity index (χ0n) is 16.8. The highest BCUT2D eigenvalue weighted by Crippen LogP contribution is 2.25. The van der Waals surface area contributed by atoms with Crippen LogP contribution >= 0.6 is 11.6 Å². The standard InChI is InChI=1S/C20H24ClN3O5S/c1-22(30(27,28)17-7-5-15(21)6-8-17)14-19(25)23-12-9-16(10-13-23)24-11-3-4-18(24)20(26)29-2/h3-8,11,16H,9-10,12-14H2,1-2H3. The number of amides is 1. The first-order chi connectivity index (χ1) is 14.2.